The molecule has 32 valence electrons. The van der Waals surface area contributed by atoms with Crippen molar-refractivity contribution in [3.8, 4) is 0 Å². The zero-order valence-corrected chi connectivity index (χ0v) is 8.66. The Labute approximate surface area is 76.6 Å². The van der Waals surface area contributed by atoms with Gasteiger partial charge in [0.1, 0.15) is 0 Å². The summed E-state index contributed by atoms with van der Waals surface area (Å²) in [7, 11) is 0. The molecule has 0 amide bonds. The molecule has 0 aliphatic heterocycles. The molecule has 4 N–H and O–H groups in total. The van der Waals surface area contributed by atoms with Gasteiger partial charge in [0.15, 0.2) is 0 Å². The molecule has 0 aliphatic rings. The Morgan fingerprint density at radius 2 is 0.500 bits per heavy atom. The van der Waals surface area contributed by atoms with Crippen molar-refractivity contribution in [2.75, 3.05) is 0 Å². The Bertz CT molecular complexity index is 7.51. The minimum atomic E-state index is 0. The molecule has 0 aromatic carbocycles. The summed E-state index contributed by atoms with van der Waals surface area (Å²) in [6.45, 7) is 0. The zero-order valence-electron chi connectivity index (χ0n) is 3.37. The minimum Gasteiger partial charge on any atom is -0.870 e. The van der Waals surface area contributed by atoms with Gasteiger partial charge in [0.2, 0.25) is 0 Å². The van der Waals surface area contributed by atoms with Crippen molar-refractivity contribution in [3.63, 3.8) is 0 Å². The van der Waals surface area contributed by atoms with Crippen LogP contribution < -0.4 is 29.6 Å². The molecule has 0 aliphatic carbocycles. The van der Waals surface area contributed by atoms with Gasteiger partial charge in [0.05, 0.1) is 0 Å². The van der Waals surface area contributed by atoms with Crippen LogP contribution in [0.1, 0.15) is 0 Å². The van der Waals surface area contributed by atoms with E-state index in [4.69, 9.17) is 0 Å². The molecule has 4 nitrogen and oxygen atoms in total. The van der Waals surface area contributed by atoms with Gasteiger partial charge in [-0.3, -0.25) is 0 Å². The first-order chi connectivity index (χ1) is 0. The summed E-state index contributed by atoms with van der Waals surface area (Å²) in [6, 6.07) is 0. The second-order valence-corrected chi connectivity index (χ2v) is 0. The van der Waals surface area contributed by atoms with Crippen molar-refractivity contribution in [2.45, 2.75) is 0 Å². The molecule has 0 heterocycles. The van der Waals surface area contributed by atoms with Crippen LogP contribution >= 0.6 is 0 Å². The summed E-state index contributed by atoms with van der Waals surface area (Å²) < 4.78 is 0. The SMILES string of the molecule is [In+3].[Na+].[OH-].[OH-].[OH-].[OH-]. The molecule has 0 bridgehead atoms. The van der Waals surface area contributed by atoms with Crippen molar-refractivity contribution in [2.24, 2.45) is 0 Å². The van der Waals surface area contributed by atoms with Crippen molar-refractivity contribution >= 4 is 25.8 Å². The summed E-state index contributed by atoms with van der Waals surface area (Å²) >= 11 is 0. The molecule has 0 atom stereocenters. The third-order valence-corrected chi connectivity index (χ3v) is 0. The largest absolute Gasteiger partial charge is 3.00 e. The van der Waals surface area contributed by atoms with E-state index in [9.17, 15) is 0 Å². The van der Waals surface area contributed by atoms with Gasteiger partial charge in [0.25, 0.3) is 0 Å². The molecular weight excluding hydrogens is 202 g/mol. The fraction of sp³-hybridized carbons (Fsp3) is 0. The van der Waals surface area contributed by atoms with Gasteiger partial charge < -0.3 is 21.9 Å². The molecule has 0 aromatic rings. The van der Waals surface area contributed by atoms with Crippen LogP contribution in [-0.4, -0.2) is 47.7 Å². The maximum absolute atomic E-state index is 0. The van der Waals surface area contributed by atoms with E-state index in [0.29, 0.717) is 0 Å². The normalized spacial score (nSPS) is 0. The van der Waals surface area contributed by atoms with Crippen molar-refractivity contribution in [1.29, 1.82) is 0 Å². The first kappa shape index (κ1) is 119. The van der Waals surface area contributed by atoms with E-state index >= 15 is 0 Å². The van der Waals surface area contributed by atoms with Crippen LogP contribution in [0.4, 0.5) is 0 Å². The van der Waals surface area contributed by atoms with E-state index < -0.39 is 0 Å². The van der Waals surface area contributed by atoms with Gasteiger partial charge in [0, 0.05) is 0 Å². The third-order valence-electron chi connectivity index (χ3n) is 0. The maximum atomic E-state index is 0. The van der Waals surface area contributed by atoms with Gasteiger partial charge >= 0.3 is 55.4 Å². The summed E-state index contributed by atoms with van der Waals surface area (Å²) in [6.07, 6.45) is 0. The Hall–Kier alpha value is 1.71. The van der Waals surface area contributed by atoms with Crippen LogP contribution in [0.5, 0.6) is 0 Å². The summed E-state index contributed by atoms with van der Waals surface area (Å²) in [5, 5.41) is 0. The number of hydrogen-bond donors (Lipinski definition) is 0. The molecule has 0 unspecified atom stereocenters. The Morgan fingerprint density at radius 1 is 0.500 bits per heavy atom. The van der Waals surface area contributed by atoms with Crippen molar-refractivity contribution in [3.05, 3.63) is 0 Å². The second-order valence-electron chi connectivity index (χ2n) is 0. The van der Waals surface area contributed by atoms with Crippen LogP contribution in [0, 0.1) is 0 Å². The quantitative estimate of drug-likeness (QED) is 0.374. The molecule has 0 saturated carbocycles. The van der Waals surface area contributed by atoms with Gasteiger partial charge in [-0.25, -0.2) is 0 Å². The standard InChI is InChI=1S/In.Na.4H2O/h;;4*1H2/q+3;+1;;;;/p-4. The molecule has 0 saturated heterocycles. The van der Waals surface area contributed by atoms with Crippen LogP contribution in [0.3, 0.4) is 0 Å². The molecule has 6 heavy (non-hydrogen) atoms. The first-order valence-electron chi connectivity index (χ1n) is 0. The predicted octanol–water partition coefficient (Wildman–Crippen LogP) is -4.08. The second kappa shape index (κ2) is 74.8. The van der Waals surface area contributed by atoms with E-state index in [-0.39, 0.29) is 77.3 Å². The Morgan fingerprint density at radius 3 is 0.500 bits per heavy atom. The van der Waals surface area contributed by atoms with Gasteiger partial charge in [-0.2, -0.15) is 0 Å². The van der Waals surface area contributed by atoms with Crippen LogP contribution in [0.25, 0.3) is 0 Å². The first-order valence-corrected chi connectivity index (χ1v) is 0. The topological polar surface area (TPSA) is 120 Å². The number of hydrogen-bond acceptors (Lipinski definition) is 4. The van der Waals surface area contributed by atoms with E-state index in [1.165, 1.54) is 0 Å². The molecule has 0 rings (SSSR count). The van der Waals surface area contributed by atoms with Crippen molar-refractivity contribution < 1.29 is 51.5 Å². The van der Waals surface area contributed by atoms with Gasteiger partial charge in [-0.05, 0) is 0 Å². The van der Waals surface area contributed by atoms with Crippen molar-refractivity contribution in [1.82, 2.24) is 0 Å². The van der Waals surface area contributed by atoms with E-state index in [2.05, 4.69) is 0 Å². The summed E-state index contributed by atoms with van der Waals surface area (Å²) in [5.74, 6) is 0. The maximum Gasteiger partial charge on any atom is 3.00 e. The fourth-order valence-electron chi connectivity index (χ4n) is 0. The molecule has 6 heteroatoms. The summed E-state index contributed by atoms with van der Waals surface area (Å²) in [5.41, 5.74) is 0. The average Bonchev–Trinajstić information content (AvgIpc) is 0. The molecule has 0 fully saturated rings. The predicted molar refractivity (Wildman–Crippen MR) is 13.5 cm³/mol. The number of rotatable bonds is 0. The monoisotopic (exact) mass is 206 g/mol. The molecule has 0 spiro atoms. The molecule has 0 radical (unpaired) electrons. The van der Waals surface area contributed by atoms with E-state index in [0.717, 1.165) is 0 Å². The molecule has 0 aromatic heterocycles. The van der Waals surface area contributed by atoms with E-state index in [1.54, 1.807) is 0 Å². The third kappa shape index (κ3) is 43.3. The Kier molecular flexibility index (Phi) is 1480. The fourth-order valence-corrected chi connectivity index (χ4v) is 0. The van der Waals surface area contributed by atoms with E-state index in [1.807, 2.05) is 0 Å². The van der Waals surface area contributed by atoms with Crippen LogP contribution in [0.2, 0.25) is 0 Å². The van der Waals surface area contributed by atoms with Gasteiger partial charge in [-0.1, -0.05) is 0 Å². The van der Waals surface area contributed by atoms with Crippen LogP contribution in [-0.2, 0) is 0 Å². The summed E-state index contributed by atoms with van der Waals surface area (Å²) in [4.78, 5) is 0. The smallest absolute Gasteiger partial charge is 0.870 e. The average molecular weight is 206 g/mol. The van der Waals surface area contributed by atoms with Crippen LogP contribution in [0.15, 0.2) is 0 Å². The minimum absolute atomic E-state index is 0. The molecular formula is H4InNaO4. The van der Waals surface area contributed by atoms with Gasteiger partial charge in [-0.15, -0.1) is 0 Å². The zero-order chi connectivity index (χ0) is 0. The Balaban J connectivity index is 0.